The molecule has 2 nitrogen and oxygen atoms in total. The summed E-state index contributed by atoms with van der Waals surface area (Å²) in [5.74, 6) is 0.782. The summed E-state index contributed by atoms with van der Waals surface area (Å²) in [6.07, 6.45) is 4.69. The number of nitrogen functional groups attached to an aromatic ring is 1. The molecule has 0 aliphatic heterocycles. The van der Waals surface area contributed by atoms with Crippen LogP contribution in [-0.4, -0.2) is 0 Å². The van der Waals surface area contributed by atoms with Crippen molar-refractivity contribution in [2.45, 2.75) is 25.7 Å². The summed E-state index contributed by atoms with van der Waals surface area (Å²) < 4.78 is 19.8. The van der Waals surface area contributed by atoms with Crippen LogP contribution in [-0.2, 0) is 12.8 Å². The van der Waals surface area contributed by atoms with Crippen LogP contribution in [0.2, 0.25) is 0 Å². The number of nitrogens with two attached hydrogens (primary N) is 1. The first kappa shape index (κ1) is 13.7. The van der Waals surface area contributed by atoms with E-state index in [2.05, 4.69) is 6.07 Å². The number of aryl methyl sites for hydroxylation is 2. The molecule has 3 rings (SSSR count). The molecule has 104 valence electrons. The summed E-state index contributed by atoms with van der Waals surface area (Å²) in [5.41, 5.74) is 9.06. The Balaban J connectivity index is 1.89. The Hall–Kier alpha value is -1.30. The lowest BCUT2D eigenvalue weighted by molar-refractivity contribution is 0.477. The van der Waals surface area contributed by atoms with Crippen molar-refractivity contribution in [1.29, 1.82) is 0 Å². The lowest BCUT2D eigenvalue weighted by Crippen LogP contribution is -2.02. The molecule has 0 unspecified atom stereocenters. The molecule has 0 aromatic heterocycles. The van der Waals surface area contributed by atoms with Crippen LogP contribution in [0, 0.1) is 9.39 Å². The highest BCUT2D eigenvalue weighted by Gasteiger charge is 2.12. The molecule has 0 atom stereocenters. The number of benzene rings is 2. The van der Waals surface area contributed by atoms with E-state index in [-0.39, 0.29) is 5.82 Å². The summed E-state index contributed by atoms with van der Waals surface area (Å²) in [4.78, 5) is 0. The average molecular weight is 383 g/mol. The molecule has 0 radical (unpaired) electrons. The van der Waals surface area contributed by atoms with Gasteiger partial charge in [0.15, 0.2) is 5.75 Å². The highest BCUT2D eigenvalue weighted by molar-refractivity contribution is 14.1. The molecule has 0 saturated heterocycles. The van der Waals surface area contributed by atoms with Crippen molar-refractivity contribution in [3.8, 4) is 11.5 Å². The fraction of sp³-hybridized carbons (Fsp3) is 0.250. The van der Waals surface area contributed by atoms with Gasteiger partial charge in [-0.05, 0) is 77.6 Å². The van der Waals surface area contributed by atoms with Crippen molar-refractivity contribution < 1.29 is 9.13 Å². The Morgan fingerprint density at radius 1 is 1.05 bits per heavy atom. The number of hydrogen-bond donors (Lipinski definition) is 1. The van der Waals surface area contributed by atoms with Crippen molar-refractivity contribution in [1.82, 2.24) is 0 Å². The highest BCUT2D eigenvalue weighted by Crippen LogP contribution is 2.32. The van der Waals surface area contributed by atoms with Crippen molar-refractivity contribution in [3.63, 3.8) is 0 Å². The second-order valence-corrected chi connectivity index (χ2v) is 6.21. The maximum absolute atomic E-state index is 13.6. The van der Waals surface area contributed by atoms with Crippen LogP contribution < -0.4 is 10.5 Å². The number of halogens is 2. The van der Waals surface area contributed by atoms with Crippen LogP contribution >= 0.6 is 22.6 Å². The molecule has 1 aliphatic carbocycles. The Morgan fingerprint density at radius 3 is 2.60 bits per heavy atom. The normalized spacial score (nSPS) is 13.9. The molecule has 2 aromatic carbocycles. The van der Waals surface area contributed by atoms with Gasteiger partial charge in [0.1, 0.15) is 11.6 Å². The van der Waals surface area contributed by atoms with Gasteiger partial charge >= 0.3 is 0 Å². The fourth-order valence-corrected chi connectivity index (χ4v) is 3.02. The van der Waals surface area contributed by atoms with E-state index in [0.717, 1.165) is 18.6 Å². The minimum absolute atomic E-state index is 0.312. The zero-order valence-electron chi connectivity index (χ0n) is 11.0. The van der Waals surface area contributed by atoms with Crippen molar-refractivity contribution >= 4 is 28.3 Å². The summed E-state index contributed by atoms with van der Waals surface area (Å²) in [7, 11) is 0. The van der Waals surface area contributed by atoms with Gasteiger partial charge in [0.05, 0.1) is 9.26 Å². The van der Waals surface area contributed by atoms with Crippen LogP contribution in [0.5, 0.6) is 11.5 Å². The van der Waals surface area contributed by atoms with E-state index >= 15 is 0 Å². The van der Waals surface area contributed by atoms with Crippen molar-refractivity contribution in [2.24, 2.45) is 0 Å². The van der Waals surface area contributed by atoms with Crippen LogP contribution in [0.4, 0.5) is 10.1 Å². The van der Waals surface area contributed by atoms with E-state index in [9.17, 15) is 4.39 Å². The second kappa shape index (κ2) is 5.60. The number of hydrogen-bond acceptors (Lipinski definition) is 2. The van der Waals surface area contributed by atoms with Gasteiger partial charge in [-0.1, -0.05) is 6.07 Å². The molecule has 0 heterocycles. The zero-order chi connectivity index (χ0) is 14.1. The van der Waals surface area contributed by atoms with Gasteiger partial charge in [-0.25, -0.2) is 4.39 Å². The molecule has 0 spiro atoms. The number of rotatable bonds is 2. The third-order valence-electron chi connectivity index (χ3n) is 3.60. The molecule has 0 bridgehead atoms. The predicted molar refractivity (Wildman–Crippen MR) is 86.7 cm³/mol. The topological polar surface area (TPSA) is 35.2 Å². The average Bonchev–Trinajstić information content (AvgIpc) is 2.44. The van der Waals surface area contributed by atoms with E-state index in [1.54, 1.807) is 6.07 Å². The second-order valence-electron chi connectivity index (χ2n) is 5.04. The Morgan fingerprint density at radius 2 is 1.80 bits per heavy atom. The standard InChI is InChI=1S/C16H15FINO/c17-13-8-16(15(19)9-14(13)18)20-12-6-5-10-3-1-2-4-11(10)7-12/h5-9H,1-4,19H2. The zero-order valence-corrected chi connectivity index (χ0v) is 13.1. The summed E-state index contributed by atoms with van der Waals surface area (Å²) in [5, 5.41) is 0. The monoisotopic (exact) mass is 383 g/mol. The molecule has 4 heteroatoms. The van der Waals surface area contributed by atoms with Crippen LogP contribution in [0.1, 0.15) is 24.0 Å². The smallest absolute Gasteiger partial charge is 0.153 e. The fourth-order valence-electron chi connectivity index (χ4n) is 2.53. The third kappa shape index (κ3) is 2.75. The van der Waals surface area contributed by atoms with Gasteiger partial charge < -0.3 is 10.5 Å². The van der Waals surface area contributed by atoms with Gasteiger partial charge in [0.2, 0.25) is 0 Å². The van der Waals surface area contributed by atoms with Gasteiger partial charge in [-0.2, -0.15) is 0 Å². The quantitative estimate of drug-likeness (QED) is 0.604. The number of fused-ring (bicyclic) bond motifs is 1. The molecule has 0 saturated carbocycles. The van der Waals surface area contributed by atoms with E-state index in [4.69, 9.17) is 10.5 Å². The van der Waals surface area contributed by atoms with Gasteiger partial charge in [-0.3, -0.25) is 0 Å². The van der Waals surface area contributed by atoms with E-state index in [1.807, 2.05) is 34.7 Å². The van der Waals surface area contributed by atoms with E-state index in [0.29, 0.717) is 15.0 Å². The molecule has 20 heavy (non-hydrogen) atoms. The highest BCUT2D eigenvalue weighted by atomic mass is 127. The molecular weight excluding hydrogens is 368 g/mol. The van der Waals surface area contributed by atoms with Gasteiger partial charge in [0.25, 0.3) is 0 Å². The van der Waals surface area contributed by atoms with E-state index in [1.165, 1.54) is 30.0 Å². The van der Waals surface area contributed by atoms with Gasteiger partial charge in [0, 0.05) is 6.07 Å². The SMILES string of the molecule is Nc1cc(I)c(F)cc1Oc1ccc2c(c1)CCCC2. The molecule has 2 N–H and O–H groups in total. The van der Waals surface area contributed by atoms with Crippen LogP contribution in [0.15, 0.2) is 30.3 Å². The summed E-state index contributed by atoms with van der Waals surface area (Å²) in [6.45, 7) is 0. The lowest BCUT2D eigenvalue weighted by atomic mass is 9.92. The Bertz CT molecular complexity index is 657. The number of ether oxygens (including phenoxy) is 1. The molecule has 1 aliphatic rings. The first-order valence-electron chi connectivity index (χ1n) is 6.67. The summed E-state index contributed by atoms with van der Waals surface area (Å²) >= 11 is 1.92. The predicted octanol–water partition coefficient (Wildman–Crippen LogP) is 4.68. The minimum Gasteiger partial charge on any atom is -0.455 e. The van der Waals surface area contributed by atoms with E-state index < -0.39 is 0 Å². The molecule has 0 fully saturated rings. The summed E-state index contributed by atoms with van der Waals surface area (Å²) in [6, 6.07) is 9.01. The first-order valence-corrected chi connectivity index (χ1v) is 7.75. The maximum Gasteiger partial charge on any atom is 0.153 e. The molecule has 0 amide bonds. The van der Waals surface area contributed by atoms with Gasteiger partial charge in [-0.15, -0.1) is 0 Å². The lowest BCUT2D eigenvalue weighted by Gasteiger charge is -2.17. The van der Waals surface area contributed by atoms with Crippen LogP contribution in [0.25, 0.3) is 0 Å². The Labute approximate surface area is 131 Å². The molecule has 2 aromatic rings. The first-order chi connectivity index (χ1) is 9.63. The maximum atomic E-state index is 13.6. The third-order valence-corrected chi connectivity index (χ3v) is 4.43. The van der Waals surface area contributed by atoms with Crippen molar-refractivity contribution in [3.05, 3.63) is 50.8 Å². The van der Waals surface area contributed by atoms with Crippen LogP contribution in [0.3, 0.4) is 0 Å². The Kier molecular flexibility index (Phi) is 3.83. The largest absolute Gasteiger partial charge is 0.455 e. The van der Waals surface area contributed by atoms with Crippen molar-refractivity contribution in [2.75, 3.05) is 5.73 Å². The number of anilines is 1. The minimum atomic E-state index is -0.312. The molecular formula is C16H15FINO.